The molecular formula is C32H55F2N7O2S. The molecule has 12 heteroatoms. The van der Waals surface area contributed by atoms with E-state index in [2.05, 4.69) is 53.5 Å². The molecule has 250 valence electrons. The van der Waals surface area contributed by atoms with E-state index < -0.39 is 36.7 Å². The number of amides is 2. The van der Waals surface area contributed by atoms with Crippen LogP contribution in [0.15, 0.2) is 12.7 Å². The molecule has 5 N–H and O–H groups in total. The number of urea groups is 1. The normalized spacial score (nSPS) is 45.2. The van der Waals surface area contributed by atoms with Crippen molar-refractivity contribution in [2.24, 2.45) is 17.8 Å². The summed E-state index contributed by atoms with van der Waals surface area (Å²) in [6.07, 6.45) is 2.10. The Morgan fingerprint density at radius 2 is 1.89 bits per heavy atom. The van der Waals surface area contributed by atoms with Crippen LogP contribution in [0, 0.1) is 17.8 Å². The van der Waals surface area contributed by atoms with Gasteiger partial charge in [-0.05, 0) is 76.3 Å². The van der Waals surface area contributed by atoms with Crippen LogP contribution in [-0.4, -0.2) is 131 Å². The quantitative estimate of drug-likeness (QED) is 0.300. The zero-order valence-corrected chi connectivity index (χ0v) is 27.5. The Labute approximate surface area is 266 Å². The molecule has 44 heavy (non-hydrogen) atoms. The van der Waals surface area contributed by atoms with Crippen molar-refractivity contribution in [3.63, 3.8) is 0 Å². The molecular weight excluding hydrogens is 584 g/mol. The van der Waals surface area contributed by atoms with Crippen LogP contribution in [0.25, 0.3) is 0 Å². The van der Waals surface area contributed by atoms with Gasteiger partial charge in [-0.3, -0.25) is 15.1 Å². The Morgan fingerprint density at radius 3 is 2.64 bits per heavy atom. The number of piperidine rings is 2. The smallest absolute Gasteiger partial charge is 0.320 e. The number of aliphatic hydroxyl groups excluding tert-OH is 1. The van der Waals surface area contributed by atoms with E-state index in [1.807, 2.05) is 21.6 Å². The molecule has 5 aliphatic heterocycles. The van der Waals surface area contributed by atoms with Crippen LogP contribution in [0.1, 0.15) is 59.3 Å². The number of carbonyl (C=O) groups is 1. The molecule has 0 aromatic carbocycles. The molecule has 6 rings (SSSR count). The highest BCUT2D eigenvalue weighted by Gasteiger charge is 2.57. The molecule has 2 bridgehead atoms. The van der Waals surface area contributed by atoms with Crippen molar-refractivity contribution in [2.75, 3.05) is 38.5 Å². The van der Waals surface area contributed by atoms with Gasteiger partial charge in [-0.1, -0.05) is 20.4 Å². The minimum Gasteiger partial charge on any atom is -0.375 e. The lowest BCUT2D eigenvalue weighted by Crippen LogP contribution is -2.80. The predicted molar refractivity (Wildman–Crippen MR) is 172 cm³/mol. The van der Waals surface area contributed by atoms with Crippen molar-refractivity contribution in [1.29, 1.82) is 0 Å². The summed E-state index contributed by atoms with van der Waals surface area (Å²) in [6, 6.07) is -0.775. The number of thioether (sulfide) groups is 1. The van der Waals surface area contributed by atoms with Crippen LogP contribution < -0.4 is 21.3 Å². The van der Waals surface area contributed by atoms with Crippen molar-refractivity contribution in [3.05, 3.63) is 12.7 Å². The number of hydrogen-bond donors (Lipinski definition) is 5. The fourth-order valence-electron chi connectivity index (χ4n) is 9.34. The minimum absolute atomic E-state index is 0.0333. The van der Waals surface area contributed by atoms with E-state index >= 15 is 8.78 Å². The first-order valence-electron chi connectivity index (χ1n) is 17.2. The van der Waals surface area contributed by atoms with Crippen molar-refractivity contribution in [3.8, 4) is 0 Å². The van der Waals surface area contributed by atoms with E-state index in [0.717, 1.165) is 44.5 Å². The summed E-state index contributed by atoms with van der Waals surface area (Å²) in [5, 5.41) is 25.1. The van der Waals surface area contributed by atoms with E-state index in [4.69, 9.17) is 0 Å². The summed E-state index contributed by atoms with van der Waals surface area (Å²) in [5.74, 6) is 0.599. The average Bonchev–Trinajstić information content (AvgIpc) is 3.01. The lowest BCUT2D eigenvalue weighted by atomic mass is 9.72. The third-order valence-electron chi connectivity index (χ3n) is 11.5. The van der Waals surface area contributed by atoms with Crippen LogP contribution in [0.5, 0.6) is 0 Å². The summed E-state index contributed by atoms with van der Waals surface area (Å²) < 4.78 is 32.5. The van der Waals surface area contributed by atoms with Gasteiger partial charge in [0.05, 0.1) is 18.4 Å². The SMILES string of the molecule is C=CC(O)N1CCN(C2NC(=O)N3C4NC(C(F)CC42)C2C(F)CCCC2NCCCSC2CCNC(C(C)C)C23)[C@@H](C)C1. The molecule has 12 unspecified atom stereocenters. The summed E-state index contributed by atoms with van der Waals surface area (Å²) >= 11 is 1.97. The Bertz CT molecular complexity index is 1010. The van der Waals surface area contributed by atoms with Gasteiger partial charge in [0.15, 0.2) is 0 Å². The molecule has 0 spiro atoms. The molecule has 6 fully saturated rings. The third kappa shape index (κ3) is 6.30. The largest absolute Gasteiger partial charge is 0.375 e. The highest BCUT2D eigenvalue weighted by atomic mass is 32.2. The molecule has 1 aliphatic carbocycles. The topological polar surface area (TPSA) is 95.1 Å². The fraction of sp³-hybridized carbons (Fsp3) is 0.906. The van der Waals surface area contributed by atoms with Gasteiger partial charge in [0, 0.05) is 60.9 Å². The zero-order valence-electron chi connectivity index (χ0n) is 26.7. The molecule has 0 aromatic rings. The van der Waals surface area contributed by atoms with Crippen molar-refractivity contribution < 1.29 is 18.7 Å². The van der Waals surface area contributed by atoms with Crippen LogP contribution in [-0.2, 0) is 0 Å². The number of piperazine rings is 1. The monoisotopic (exact) mass is 639 g/mol. The van der Waals surface area contributed by atoms with E-state index in [9.17, 15) is 9.90 Å². The van der Waals surface area contributed by atoms with Crippen LogP contribution >= 0.6 is 11.8 Å². The Balaban J connectivity index is 1.37. The van der Waals surface area contributed by atoms with E-state index in [1.54, 1.807) is 0 Å². The standard InChI is InChI=1S/C32H55F2N7O2S/c1-5-25(42)39-13-14-40(19(4)17-39)30-20-16-22(34)28-26-21(33)8-6-9-23(26)35-11-7-15-44-24-10-12-36-27(18(2)3)29(24)41(31(20)37-28)32(43)38-30/h5,18-31,35-37,42H,1,6-17H2,2-4H3,(H,38,43)/t19-,20?,21?,22?,23?,24?,25?,26?,27?,28?,29?,30?,31?/m0/s1. The van der Waals surface area contributed by atoms with Crippen LogP contribution in [0.3, 0.4) is 0 Å². The van der Waals surface area contributed by atoms with Gasteiger partial charge in [0.25, 0.3) is 0 Å². The van der Waals surface area contributed by atoms with Crippen molar-refractivity contribution in [2.45, 2.75) is 126 Å². The third-order valence-corrected chi connectivity index (χ3v) is 12.9. The molecule has 5 saturated heterocycles. The fourth-order valence-corrected chi connectivity index (χ4v) is 10.7. The summed E-state index contributed by atoms with van der Waals surface area (Å²) in [5.41, 5.74) is 0. The highest BCUT2D eigenvalue weighted by molar-refractivity contribution is 7.99. The number of alkyl halides is 2. The Morgan fingerprint density at radius 1 is 1.07 bits per heavy atom. The maximum absolute atomic E-state index is 16.6. The first-order chi connectivity index (χ1) is 21.2. The van der Waals surface area contributed by atoms with Gasteiger partial charge in [-0.25, -0.2) is 13.6 Å². The van der Waals surface area contributed by atoms with Gasteiger partial charge >= 0.3 is 6.03 Å². The van der Waals surface area contributed by atoms with E-state index in [1.165, 1.54) is 6.08 Å². The number of aliphatic hydroxyl groups is 1. The van der Waals surface area contributed by atoms with Gasteiger partial charge in [-0.15, -0.1) is 0 Å². The van der Waals surface area contributed by atoms with Crippen molar-refractivity contribution in [1.82, 2.24) is 36.0 Å². The van der Waals surface area contributed by atoms with Gasteiger partial charge in [0.2, 0.25) is 0 Å². The molecule has 5 heterocycles. The molecule has 9 nitrogen and oxygen atoms in total. The van der Waals surface area contributed by atoms with Crippen LogP contribution in [0.2, 0.25) is 0 Å². The Hall–Kier alpha value is -1.02. The van der Waals surface area contributed by atoms with Gasteiger partial charge in [-0.2, -0.15) is 11.8 Å². The second-order valence-electron chi connectivity index (χ2n) is 14.4. The molecule has 0 aromatic heterocycles. The van der Waals surface area contributed by atoms with E-state index in [0.29, 0.717) is 32.0 Å². The average molecular weight is 640 g/mol. The summed E-state index contributed by atoms with van der Waals surface area (Å²) in [4.78, 5) is 20.8. The molecule has 1 saturated carbocycles. The summed E-state index contributed by atoms with van der Waals surface area (Å²) in [7, 11) is 0. The predicted octanol–water partition coefficient (Wildman–Crippen LogP) is 2.48. The number of hydrogen-bond acceptors (Lipinski definition) is 8. The maximum atomic E-state index is 16.6. The number of carbonyl (C=O) groups excluding carboxylic acids is 1. The number of fused-ring (bicyclic) bond motifs is 5. The second-order valence-corrected chi connectivity index (χ2v) is 15.8. The lowest BCUT2D eigenvalue weighted by molar-refractivity contribution is -0.0988. The first kappa shape index (κ1) is 32.9. The lowest BCUT2D eigenvalue weighted by Gasteiger charge is -2.60. The molecule has 6 aliphatic rings. The molecule has 0 radical (unpaired) electrons. The number of nitrogens with one attached hydrogen (secondary N) is 4. The van der Waals surface area contributed by atoms with Crippen molar-refractivity contribution >= 4 is 17.8 Å². The minimum atomic E-state index is -1.22. The Kier molecular flexibility index (Phi) is 10.5. The maximum Gasteiger partial charge on any atom is 0.320 e. The van der Waals surface area contributed by atoms with Gasteiger partial charge < -0.3 is 26.0 Å². The zero-order chi connectivity index (χ0) is 31.1. The van der Waals surface area contributed by atoms with Crippen LogP contribution in [0.4, 0.5) is 13.6 Å². The number of rotatable bonds is 4. The molecule has 13 atom stereocenters. The second kappa shape index (κ2) is 14.0. The first-order valence-corrected chi connectivity index (χ1v) is 18.3. The van der Waals surface area contributed by atoms with E-state index in [-0.39, 0.29) is 54.0 Å². The highest BCUT2D eigenvalue weighted by Crippen LogP contribution is 2.43. The number of halogens is 2. The number of nitrogens with zero attached hydrogens (tertiary/aromatic N) is 3. The summed E-state index contributed by atoms with van der Waals surface area (Å²) in [6.45, 7) is 13.9. The molecule has 2 amide bonds. The van der Waals surface area contributed by atoms with Gasteiger partial charge in [0.1, 0.15) is 18.6 Å².